The molecule has 0 radical (unpaired) electrons. The molecule has 0 saturated heterocycles. The monoisotopic (exact) mass is 694 g/mol. The van der Waals surface area contributed by atoms with Crippen LogP contribution >= 0.6 is 11.3 Å². The van der Waals surface area contributed by atoms with E-state index in [1.165, 1.54) is 118 Å². The Balaban J connectivity index is 1.09. The highest BCUT2D eigenvalue weighted by molar-refractivity contribution is 7.25. The van der Waals surface area contributed by atoms with Crippen molar-refractivity contribution in [1.82, 2.24) is 0 Å². The molecule has 5 aliphatic rings. The summed E-state index contributed by atoms with van der Waals surface area (Å²) in [4.78, 5) is 0. The summed E-state index contributed by atoms with van der Waals surface area (Å²) in [5.74, 6) is 3.31. The van der Waals surface area contributed by atoms with E-state index in [-0.39, 0.29) is 5.41 Å². The zero-order valence-electron chi connectivity index (χ0n) is 29.6. The topological polar surface area (TPSA) is 0 Å². The van der Waals surface area contributed by atoms with Crippen molar-refractivity contribution in [2.75, 3.05) is 0 Å². The average Bonchev–Trinajstić information content (AvgIpc) is 3.72. The van der Waals surface area contributed by atoms with E-state index in [4.69, 9.17) is 0 Å². The van der Waals surface area contributed by atoms with E-state index in [0.29, 0.717) is 0 Å². The van der Waals surface area contributed by atoms with E-state index in [1.54, 1.807) is 11.1 Å². The second-order valence-electron chi connectivity index (χ2n) is 16.8. The van der Waals surface area contributed by atoms with Crippen LogP contribution in [0, 0.1) is 23.7 Å². The Labute approximate surface area is 313 Å². The standard InChI is InChI=1S/C52H38S/c1-2-10-37-32(9-1)18-21-45-51(37)43-20-17-34(29-46(43)52(45)35-24-30-23-31(26-35)27-36(52)25-30)50-41-14-5-3-12-39(41)49(40-13-4-6-15-42(40)50)33-19-22-48-44(28-33)38-11-7-8-16-47(38)53-48/h1-22,28-31,35-36H,23-27H2. The number of thiophene rings is 1. The molecule has 1 heteroatoms. The molecule has 9 aromatic rings. The van der Waals surface area contributed by atoms with Gasteiger partial charge in [-0.1, -0.05) is 121 Å². The van der Waals surface area contributed by atoms with Gasteiger partial charge in [-0.3, -0.25) is 0 Å². The Morgan fingerprint density at radius 2 is 0.943 bits per heavy atom. The van der Waals surface area contributed by atoms with Gasteiger partial charge < -0.3 is 0 Å². The smallest absolute Gasteiger partial charge is 0.0355 e. The summed E-state index contributed by atoms with van der Waals surface area (Å²) >= 11 is 1.90. The third-order valence-electron chi connectivity index (χ3n) is 14.4. The van der Waals surface area contributed by atoms with Gasteiger partial charge in [-0.05, 0) is 157 Å². The maximum Gasteiger partial charge on any atom is 0.0355 e. The van der Waals surface area contributed by atoms with E-state index < -0.39 is 0 Å². The number of hydrogen-bond donors (Lipinski definition) is 0. The number of rotatable bonds is 2. The Bertz CT molecular complexity index is 2940. The van der Waals surface area contributed by atoms with Crippen molar-refractivity contribution in [1.29, 1.82) is 0 Å². The van der Waals surface area contributed by atoms with Crippen molar-refractivity contribution < 1.29 is 0 Å². The second kappa shape index (κ2) is 10.5. The third-order valence-corrected chi connectivity index (χ3v) is 15.6. The first-order chi connectivity index (χ1) is 26.2. The fourth-order valence-corrected chi connectivity index (χ4v) is 13.8. The molecule has 4 saturated carbocycles. The van der Waals surface area contributed by atoms with Gasteiger partial charge in [-0.2, -0.15) is 0 Å². The molecule has 252 valence electrons. The summed E-state index contributed by atoms with van der Waals surface area (Å²) in [6.07, 6.45) is 7.06. The number of fused-ring (bicyclic) bond motifs is 10. The van der Waals surface area contributed by atoms with Crippen LogP contribution in [0.2, 0.25) is 0 Å². The zero-order valence-corrected chi connectivity index (χ0v) is 30.4. The zero-order chi connectivity index (χ0) is 34.4. The van der Waals surface area contributed by atoms with Crippen molar-refractivity contribution >= 4 is 63.8 Å². The molecular weight excluding hydrogens is 657 g/mol. The Morgan fingerprint density at radius 1 is 0.396 bits per heavy atom. The second-order valence-corrected chi connectivity index (χ2v) is 17.9. The number of hydrogen-bond acceptors (Lipinski definition) is 1. The number of benzene rings is 8. The van der Waals surface area contributed by atoms with Crippen molar-refractivity contribution in [2.45, 2.75) is 37.5 Å². The van der Waals surface area contributed by atoms with Gasteiger partial charge in [0.2, 0.25) is 0 Å². The van der Waals surface area contributed by atoms with Gasteiger partial charge in [-0.15, -0.1) is 11.3 Å². The van der Waals surface area contributed by atoms with E-state index in [2.05, 4.69) is 146 Å². The predicted molar refractivity (Wildman–Crippen MR) is 226 cm³/mol. The highest BCUT2D eigenvalue weighted by atomic mass is 32.1. The first-order valence-corrected chi connectivity index (χ1v) is 20.6. The van der Waals surface area contributed by atoms with Crippen LogP contribution in [0.4, 0.5) is 0 Å². The lowest BCUT2D eigenvalue weighted by molar-refractivity contribution is -0.0399. The third kappa shape index (κ3) is 3.76. The minimum atomic E-state index is 0.113. The van der Waals surface area contributed by atoms with Crippen LogP contribution in [-0.4, -0.2) is 0 Å². The van der Waals surface area contributed by atoms with E-state index >= 15 is 0 Å². The van der Waals surface area contributed by atoms with Gasteiger partial charge >= 0.3 is 0 Å². The SMILES string of the molecule is c1ccc2c3c(ccc2c1)C1(c2cc(-c4c5ccccc5c(-c5ccc6sc7ccccc7c6c5)c5ccccc45)ccc2-3)C2CC3CC(C2)CC1C3. The first kappa shape index (κ1) is 29.2. The molecule has 53 heavy (non-hydrogen) atoms. The molecule has 0 N–H and O–H groups in total. The fourth-order valence-electron chi connectivity index (χ4n) is 12.8. The van der Waals surface area contributed by atoms with Crippen LogP contribution in [0.1, 0.15) is 43.2 Å². The summed E-state index contributed by atoms with van der Waals surface area (Å²) in [5, 5.41) is 10.9. The highest BCUT2D eigenvalue weighted by Gasteiger charge is 2.61. The quantitative estimate of drug-likeness (QED) is 0.158. The minimum Gasteiger partial charge on any atom is -0.135 e. The van der Waals surface area contributed by atoms with Crippen LogP contribution in [0.5, 0.6) is 0 Å². The van der Waals surface area contributed by atoms with Gasteiger partial charge in [0.05, 0.1) is 0 Å². The average molecular weight is 695 g/mol. The first-order valence-electron chi connectivity index (χ1n) is 19.8. The van der Waals surface area contributed by atoms with Crippen LogP contribution in [0.25, 0.3) is 85.9 Å². The Kier molecular flexibility index (Phi) is 5.77. The van der Waals surface area contributed by atoms with Gasteiger partial charge in [0.25, 0.3) is 0 Å². The summed E-state index contributed by atoms with van der Waals surface area (Å²) < 4.78 is 2.71. The van der Waals surface area contributed by atoms with Gasteiger partial charge in [0, 0.05) is 25.6 Å². The van der Waals surface area contributed by atoms with Crippen molar-refractivity contribution in [3.05, 3.63) is 157 Å². The van der Waals surface area contributed by atoms with Crippen molar-refractivity contribution in [2.24, 2.45) is 23.7 Å². The molecule has 1 aromatic heterocycles. The van der Waals surface area contributed by atoms with E-state index in [9.17, 15) is 0 Å². The Morgan fingerprint density at radius 3 is 1.62 bits per heavy atom. The summed E-state index contributed by atoms with van der Waals surface area (Å²) in [7, 11) is 0. The van der Waals surface area contributed by atoms with Gasteiger partial charge in [0.1, 0.15) is 0 Å². The van der Waals surface area contributed by atoms with Crippen LogP contribution in [-0.2, 0) is 5.41 Å². The van der Waals surface area contributed by atoms with Crippen molar-refractivity contribution in [3.63, 3.8) is 0 Å². The summed E-state index contributed by atoms with van der Waals surface area (Å²) in [6.45, 7) is 0. The molecular formula is C52H38S. The summed E-state index contributed by atoms with van der Waals surface area (Å²) in [6, 6.07) is 56.3. The molecule has 0 amide bonds. The predicted octanol–water partition coefficient (Wildman–Crippen LogP) is 14.6. The molecule has 0 nitrogen and oxygen atoms in total. The molecule has 0 unspecified atom stereocenters. The molecule has 0 atom stereocenters. The lowest BCUT2D eigenvalue weighted by atomic mass is 9.43. The van der Waals surface area contributed by atoms with Crippen LogP contribution < -0.4 is 0 Å². The molecule has 1 spiro atoms. The van der Waals surface area contributed by atoms with Crippen LogP contribution in [0.3, 0.4) is 0 Å². The largest absolute Gasteiger partial charge is 0.135 e. The maximum absolute atomic E-state index is 2.70. The molecule has 14 rings (SSSR count). The molecule has 4 bridgehead atoms. The highest BCUT2D eigenvalue weighted by Crippen LogP contribution is 2.70. The molecule has 4 fully saturated rings. The Hall–Kier alpha value is -5.24. The molecule has 8 aromatic carbocycles. The van der Waals surface area contributed by atoms with Crippen LogP contribution in [0.15, 0.2) is 146 Å². The molecule has 5 aliphatic carbocycles. The lowest BCUT2D eigenvalue weighted by Gasteiger charge is -2.61. The van der Waals surface area contributed by atoms with Gasteiger partial charge in [0.15, 0.2) is 0 Å². The lowest BCUT2D eigenvalue weighted by Crippen LogP contribution is -2.55. The van der Waals surface area contributed by atoms with E-state index in [0.717, 1.165) is 23.7 Å². The minimum absolute atomic E-state index is 0.113. The fraction of sp³-hybridized carbons (Fsp3) is 0.192. The maximum atomic E-state index is 2.70. The molecule has 1 heterocycles. The molecule has 0 aliphatic heterocycles. The summed E-state index contributed by atoms with van der Waals surface area (Å²) in [5.41, 5.74) is 11.8. The van der Waals surface area contributed by atoms with E-state index in [1.807, 2.05) is 11.3 Å². The van der Waals surface area contributed by atoms with Gasteiger partial charge in [-0.25, -0.2) is 0 Å². The van der Waals surface area contributed by atoms with Crippen molar-refractivity contribution in [3.8, 4) is 33.4 Å². The normalized spacial score (nSPS) is 23.9.